The quantitative estimate of drug-likeness (QED) is 0.819. The minimum atomic E-state index is 0.0949. The standard InChI is InChI=1S/C14H11N3O2/c1-17-13-3-2-9(6-10(13)7-14(17)18)12-8-11(4-5-15)19-16-12/h2-3,6,8H,4,7H2,1H3. The van der Waals surface area contributed by atoms with Gasteiger partial charge in [-0.2, -0.15) is 5.26 Å². The van der Waals surface area contributed by atoms with Gasteiger partial charge < -0.3 is 9.42 Å². The van der Waals surface area contributed by atoms with Gasteiger partial charge in [-0.3, -0.25) is 4.79 Å². The summed E-state index contributed by atoms with van der Waals surface area (Å²) in [4.78, 5) is 13.3. The number of anilines is 1. The molecule has 0 atom stereocenters. The minimum Gasteiger partial charge on any atom is -0.360 e. The molecule has 0 spiro atoms. The zero-order valence-electron chi connectivity index (χ0n) is 10.4. The van der Waals surface area contributed by atoms with Crippen molar-refractivity contribution < 1.29 is 9.32 Å². The van der Waals surface area contributed by atoms with E-state index < -0.39 is 0 Å². The molecule has 1 aliphatic heterocycles. The summed E-state index contributed by atoms with van der Waals surface area (Å²) in [6.45, 7) is 0. The number of hydrogen-bond donors (Lipinski definition) is 0. The lowest BCUT2D eigenvalue weighted by atomic mass is 10.1. The second-order valence-electron chi connectivity index (χ2n) is 4.49. The summed E-state index contributed by atoms with van der Waals surface area (Å²) in [5, 5.41) is 12.5. The van der Waals surface area contributed by atoms with Crippen LogP contribution in [0.5, 0.6) is 0 Å². The van der Waals surface area contributed by atoms with Gasteiger partial charge in [-0.1, -0.05) is 11.2 Å². The first-order valence-corrected chi connectivity index (χ1v) is 5.91. The van der Waals surface area contributed by atoms with Gasteiger partial charge in [-0.25, -0.2) is 0 Å². The Morgan fingerprint density at radius 3 is 3.11 bits per heavy atom. The number of likely N-dealkylation sites (N-methyl/N-ethyl adjacent to an activating group) is 1. The fourth-order valence-corrected chi connectivity index (χ4v) is 2.24. The number of benzene rings is 1. The summed E-state index contributed by atoms with van der Waals surface area (Å²) in [5.74, 6) is 0.642. The predicted molar refractivity (Wildman–Crippen MR) is 68.4 cm³/mol. The molecular weight excluding hydrogens is 242 g/mol. The number of amides is 1. The summed E-state index contributed by atoms with van der Waals surface area (Å²) < 4.78 is 5.07. The molecule has 0 saturated heterocycles. The molecule has 94 valence electrons. The summed E-state index contributed by atoms with van der Waals surface area (Å²) in [6.07, 6.45) is 0.627. The smallest absolute Gasteiger partial charge is 0.231 e. The number of carbonyl (C=O) groups is 1. The van der Waals surface area contributed by atoms with Gasteiger partial charge >= 0.3 is 0 Å². The van der Waals surface area contributed by atoms with E-state index in [0.29, 0.717) is 17.9 Å². The molecule has 1 amide bonds. The van der Waals surface area contributed by atoms with Crippen molar-refractivity contribution in [3.63, 3.8) is 0 Å². The molecule has 5 nitrogen and oxygen atoms in total. The molecule has 2 aromatic rings. The minimum absolute atomic E-state index is 0.0949. The zero-order valence-corrected chi connectivity index (χ0v) is 10.4. The van der Waals surface area contributed by atoms with Gasteiger partial charge in [0, 0.05) is 24.4 Å². The van der Waals surface area contributed by atoms with Crippen LogP contribution in [0, 0.1) is 11.3 Å². The van der Waals surface area contributed by atoms with Crippen LogP contribution in [0.25, 0.3) is 11.3 Å². The number of aromatic nitrogens is 1. The SMILES string of the molecule is CN1C(=O)Cc2cc(-c3cc(CC#N)on3)ccc21. The number of hydrogen-bond acceptors (Lipinski definition) is 4. The Balaban J connectivity index is 1.97. The highest BCUT2D eigenvalue weighted by atomic mass is 16.5. The fourth-order valence-electron chi connectivity index (χ4n) is 2.24. The number of fused-ring (bicyclic) bond motifs is 1. The molecule has 2 heterocycles. The third-order valence-corrected chi connectivity index (χ3v) is 3.26. The fraction of sp³-hybridized carbons (Fsp3) is 0.214. The molecule has 1 aromatic carbocycles. The van der Waals surface area contributed by atoms with Gasteiger partial charge in [-0.15, -0.1) is 0 Å². The molecule has 0 fully saturated rings. The highest BCUT2D eigenvalue weighted by Crippen LogP contribution is 2.31. The van der Waals surface area contributed by atoms with E-state index in [1.165, 1.54) is 0 Å². The Morgan fingerprint density at radius 1 is 1.47 bits per heavy atom. The van der Waals surface area contributed by atoms with Crippen molar-refractivity contribution in [1.82, 2.24) is 5.16 Å². The lowest BCUT2D eigenvalue weighted by Gasteiger charge is -2.09. The van der Waals surface area contributed by atoms with Crippen molar-refractivity contribution in [2.45, 2.75) is 12.8 Å². The Labute approximate surface area is 110 Å². The van der Waals surface area contributed by atoms with Crippen LogP contribution in [0.15, 0.2) is 28.8 Å². The van der Waals surface area contributed by atoms with Crippen LogP contribution >= 0.6 is 0 Å². The van der Waals surface area contributed by atoms with Crippen LogP contribution in [0.1, 0.15) is 11.3 Å². The number of carbonyl (C=O) groups excluding carboxylic acids is 1. The van der Waals surface area contributed by atoms with Crippen molar-refractivity contribution in [3.05, 3.63) is 35.6 Å². The average Bonchev–Trinajstić information content (AvgIpc) is 2.96. The first kappa shape index (κ1) is 11.5. The van der Waals surface area contributed by atoms with Gasteiger partial charge in [0.25, 0.3) is 0 Å². The third kappa shape index (κ3) is 1.87. The van der Waals surface area contributed by atoms with E-state index >= 15 is 0 Å². The molecule has 0 aliphatic carbocycles. The van der Waals surface area contributed by atoms with Crippen molar-refractivity contribution in [2.24, 2.45) is 0 Å². The molecule has 0 N–H and O–H groups in total. The van der Waals surface area contributed by atoms with Gasteiger partial charge in [-0.05, 0) is 17.7 Å². The summed E-state index contributed by atoms with van der Waals surface area (Å²) in [7, 11) is 1.77. The molecule has 3 rings (SSSR count). The molecule has 1 aliphatic rings. The zero-order chi connectivity index (χ0) is 13.4. The predicted octanol–water partition coefficient (Wildman–Crippen LogP) is 1.93. The molecule has 1 aromatic heterocycles. The molecule has 0 saturated carbocycles. The average molecular weight is 253 g/mol. The van der Waals surface area contributed by atoms with Crippen molar-refractivity contribution in [2.75, 3.05) is 11.9 Å². The number of rotatable bonds is 2. The van der Waals surface area contributed by atoms with Crippen LogP contribution in [0.3, 0.4) is 0 Å². The Morgan fingerprint density at radius 2 is 2.32 bits per heavy atom. The lowest BCUT2D eigenvalue weighted by molar-refractivity contribution is -0.117. The van der Waals surface area contributed by atoms with E-state index in [2.05, 4.69) is 5.16 Å². The summed E-state index contributed by atoms with van der Waals surface area (Å²) in [5.41, 5.74) is 3.52. The maximum absolute atomic E-state index is 11.6. The van der Waals surface area contributed by atoms with Crippen LogP contribution in [0.4, 0.5) is 5.69 Å². The third-order valence-electron chi connectivity index (χ3n) is 3.26. The molecule has 0 radical (unpaired) electrons. The first-order chi connectivity index (χ1) is 9.19. The summed E-state index contributed by atoms with van der Waals surface area (Å²) in [6, 6.07) is 9.54. The maximum atomic E-state index is 11.6. The highest BCUT2D eigenvalue weighted by Gasteiger charge is 2.24. The first-order valence-electron chi connectivity index (χ1n) is 5.91. The van der Waals surface area contributed by atoms with Crippen molar-refractivity contribution in [1.29, 1.82) is 5.26 Å². The summed E-state index contributed by atoms with van der Waals surface area (Å²) >= 11 is 0. The second-order valence-corrected chi connectivity index (χ2v) is 4.49. The normalized spacial score (nSPS) is 13.5. The van der Waals surface area contributed by atoms with Crippen LogP contribution < -0.4 is 4.90 Å². The van der Waals surface area contributed by atoms with Crippen molar-refractivity contribution >= 4 is 11.6 Å². The largest absolute Gasteiger partial charge is 0.360 e. The Hall–Kier alpha value is -2.61. The highest BCUT2D eigenvalue weighted by molar-refractivity contribution is 6.01. The maximum Gasteiger partial charge on any atom is 0.231 e. The van der Waals surface area contributed by atoms with E-state index in [-0.39, 0.29) is 12.3 Å². The van der Waals surface area contributed by atoms with Crippen LogP contribution in [0.2, 0.25) is 0 Å². The van der Waals surface area contributed by atoms with Crippen molar-refractivity contribution in [3.8, 4) is 17.3 Å². The monoisotopic (exact) mass is 253 g/mol. The topological polar surface area (TPSA) is 70.1 Å². The lowest BCUT2D eigenvalue weighted by Crippen LogP contribution is -2.20. The molecule has 5 heteroatoms. The van der Waals surface area contributed by atoms with Gasteiger partial charge in [0.05, 0.1) is 18.9 Å². The van der Waals surface area contributed by atoms with Gasteiger partial charge in [0.1, 0.15) is 5.69 Å². The van der Waals surface area contributed by atoms with E-state index in [1.54, 1.807) is 18.0 Å². The van der Waals surface area contributed by atoms with Gasteiger partial charge in [0.2, 0.25) is 5.91 Å². The molecular formula is C14H11N3O2. The van der Waals surface area contributed by atoms with Crippen LogP contribution in [-0.2, 0) is 17.6 Å². The second kappa shape index (κ2) is 4.25. The van der Waals surface area contributed by atoms with E-state index in [0.717, 1.165) is 16.8 Å². The van der Waals surface area contributed by atoms with E-state index in [9.17, 15) is 4.79 Å². The Kier molecular flexibility index (Phi) is 2.57. The molecule has 0 unspecified atom stereocenters. The molecule has 19 heavy (non-hydrogen) atoms. The van der Waals surface area contributed by atoms with Gasteiger partial charge in [0.15, 0.2) is 5.76 Å². The van der Waals surface area contributed by atoms with Crippen LogP contribution in [-0.4, -0.2) is 18.1 Å². The molecule has 0 bridgehead atoms. The van der Waals surface area contributed by atoms with E-state index in [4.69, 9.17) is 9.78 Å². The Bertz CT molecular complexity index is 697. The van der Waals surface area contributed by atoms with E-state index in [1.807, 2.05) is 24.3 Å². The number of nitriles is 1. The number of nitrogens with zero attached hydrogens (tertiary/aromatic N) is 3.